The van der Waals surface area contributed by atoms with Gasteiger partial charge in [-0.05, 0) is 42.2 Å². The molecule has 3 aromatic rings. The van der Waals surface area contributed by atoms with Crippen molar-refractivity contribution in [3.05, 3.63) is 47.5 Å². The number of sulfonamides is 1. The highest BCUT2D eigenvalue weighted by Gasteiger charge is 2.20. The third-order valence-electron chi connectivity index (χ3n) is 5.88. The van der Waals surface area contributed by atoms with Crippen molar-refractivity contribution in [2.24, 2.45) is 11.1 Å². The fourth-order valence-electron chi connectivity index (χ4n) is 4.02. The van der Waals surface area contributed by atoms with Gasteiger partial charge in [-0.15, -0.1) is 11.3 Å². The quantitative estimate of drug-likeness (QED) is 0.495. The summed E-state index contributed by atoms with van der Waals surface area (Å²) in [4.78, 5) is 24.9. The summed E-state index contributed by atoms with van der Waals surface area (Å²) in [5.74, 6) is 1.38. The van der Waals surface area contributed by atoms with Crippen molar-refractivity contribution in [1.82, 2.24) is 14.9 Å². The predicted molar refractivity (Wildman–Crippen MR) is 139 cm³/mol. The summed E-state index contributed by atoms with van der Waals surface area (Å²) in [5.41, 5.74) is 3.36. The lowest BCUT2D eigenvalue weighted by Crippen LogP contribution is -2.48. The van der Waals surface area contributed by atoms with Gasteiger partial charge in [-0.3, -0.25) is 4.79 Å². The van der Waals surface area contributed by atoms with Gasteiger partial charge >= 0.3 is 0 Å². The number of benzene rings is 1. The van der Waals surface area contributed by atoms with Gasteiger partial charge in [-0.1, -0.05) is 19.9 Å². The maximum atomic E-state index is 11.9. The van der Waals surface area contributed by atoms with Gasteiger partial charge in [0.15, 0.2) is 5.13 Å². The summed E-state index contributed by atoms with van der Waals surface area (Å²) in [6.45, 7) is 8.73. The highest BCUT2D eigenvalue weighted by atomic mass is 32.2. The van der Waals surface area contributed by atoms with Crippen molar-refractivity contribution in [3.8, 4) is 11.3 Å². The van der Waals surface area contributed by atoms with E-state index < -0.39 is 10.0 Å². The molecule has 0 bridgehead atoms. The highest BCUT2D eigenvalue weighted by molar-refractivity contribution is 7.89. The molecule has 186 valence electrons. The van der Waals surface area contributed by atoms with Crippen LogP contribution in [0.25, 0.3) is 11.3 Å². The van der Waals surface area contributed by atoms with Crippen molar-refractivity contribution in [2.45, 2.75) is 32.1 Å². The van der Waals surface area contributed by atoms with Crippen LogP contribution in [0.2, 0.25) is 0 Å². The number of anilines is 3. The van der Waals surface area contributed by atoms with E-state index in [9.17, 15) is 13.2 Å². The highest BCUT2D eigenvalue weighted by Crippen LogP contribution is 2.31. The number of piperazine rings is 1. The molecule has 9 nitrogen and oxygen atoms in total. The molecule has 0 radical (unpaired) electrons. The Labute approximate surface area is 210 Å². The van der Waals surface area contributed by atoms with Crippen molar-refractivity contribution in [1.29, 1.82) is 0 Å². The molecule has 0 saturated carbocycles. The summed E-state index contributed by atoms with van der Waals surface area (Å²) >= 11 is 1.44. The number of thiazole rings is 1. The van der Waals surface area contributed by atoms with Gasteiger partial charge in [0, 0.05) is 55.9 Å². The number of hydrogen-bond donors (Lipinski definition) is 2. The van der Waals surface area contributed by atoms with E-state index in [0.717, 1.165) is 42.1 Å². The first-order valence-corrected chi connectivity index (χ1v) is 13.9. The van der Waals surface area contributed by atoms with E-state index in [2.05, 4.69) is 34.0 Å². The average molecular weight is 515 g/mol. The van der Waals surface area contributed by atoms with E-state index in [-0.39, 0.29) is 10.8 Å². The molecule has 35 heavy (non-hydrogen) atoms. The van der Waals surface area contributed by atoms with E-state index in [1.165, 1.54) is 11.3 Å². The van der Waals surface area contributed by atoms with Crippen LogP contribution in [-0.2, 0) is 21.2 Å². The molecule has 0 unspecified atom stereocenters. The number of carbonyl (C=O) groups excluding carboxylic acids is 1. The summed E-state index contributed by atoms with van der Waals surface area (Å²) in [6, 6.07) is 8.87. The molecule has 1 amide bonds. The van der Waals surface area contributed by atoms with Crippen LogP contribution in [-0.4, -0.2) is 55.4 Å². The Balaban J connectivity index is 1.49. The minimum atomic E-state index is -3.81. The van der Waals surface area contributed by atoms with Gasteiger partial charge in [0.25, 0.3) is 0 Å². The second-order valence-electron chi connectivity index (χ2n) is 9.02. The van der Waals surface area contributed by atoms with Gasteiger partial charge in [0.2, 0.25) is 15.9 Å². The van der Waals surface area contributed by atoms with E-state index in [4.69, 9.17) is 5.14 Å². The molecule has 3 N–H and O–H groups in total. The number of carbonyl (C=O) groups is 1. The number of nitrogens with zero attached hydrogens (tertiary/aromatic N) is 4. The number of hydrogen-bond acceptors (Lipinski definition) is 8. The first-order chi connectivity index (χ1) is 16.6. The van der Waals surface area contributed by atoms with Gasteiger partial charge in [0.05, 0.1) is 10.6 Å². The summed E-state index contributed by atoms with van der Waals surface area (Å²) in [7, 11) is -3.81. The van der Waals surface area contributed by atoms with Crippen LogP contribution in [0.5, 0.6) is 0 Å². The standard InChI is InChI=1S/C24H30N6O3S2/c1-16(2)12-18-4-6-20(35(25,32)33)13-21(18)27-24-28-22(15-34-24)19-5-7-23(26-14-19)30-10-8-29(9-11-30)17(3)31/h4-7,13-16H,8-12H2,1-3H3,(H,27,28)(H2,25,32,33). The normalized spacial score (nSPS) is 14.4. The van der Waals surface area contributed by atoms with Crippen molar-refractivity contribution < 1.29 is 13.2 Å². The van der Waals surface area contributed by atoms with E-state index >= 15 is 0 Å². The number of amides is 1. The van der Waals surface area contributed by atoms with Crippen molar-refractivity contribution >= 4 is 43.9 Å². The lowest BCUT2D eigenvalue weighted by molar-refractivity contribution is -0.129. The summed E-state index contributed by atoms with van der Waals surface area (Å²) in [5, 5.41) is 11.2. The molecule has 2 aromatic heterocycles. The molecule has 1 fully saturated rings. The van der Waals surface area contributed by atoms with Crippen LogP contribution < -0.4 is 15.4 Å². The van der Waals surface area contributed by atoms with Gasteiger partial charge in [-0.2, -0.15) is 0 Å². The molecule has 0 atom stereocenters. The third-order valence-corrected chi connectivity index (χ3v) is 7.55. The molecule has 3 heterocycles. The van der Waals surface area contributed by atoms with E-state index in [1.54, 1.807) is 31.3 Å². The number of nitrogens with one attached hydrogen (secondary N) is 1. The average Bonchev–Trinajstić information content (AvgIpc) is 3.28. The predicted octanol–water partition coefficient (Wildman–Crippen LogP) is 3.46. The number of aromatic nitrogens is 2. The Kier molecular flexibility index (Phi) is 7.39. The monoisotopic (exact) mass is 514 g/mol. The Hall–Kier alpha value is -3.02. The Morgan fingerprint density at radius 1 is 1.17 bits per heavy atom. The zero-order valence-electron chi connectivity index (χ0n) is 20.1. The van der Waals surface area contributed by atoms with Crippen LogP contribution in [0.4, 0.5) is 16.6 Å². The molecule has 11 heteroatoms. The number of primary sulfonamides is 1. The van der Waals surface area contributed by atoms with Gasteiger partial charge in [-0.25, -0.2) is 23.5 Å². The lowest BCUT2D eigenvalue weighted by atomic mass is 10.0. The molecule has 0 aliphatic carbocycles. The summed E-state index contributed by atoms with van der Waals surface area (Å²) in [6.07, 6.45) is 2.59. The maximum absolute atomic E-state index is 11.9. The zero-order valence-corrected chi connectivity index (χ0v) is 21.7. The van der Waals surface area contributed by atoms with Crippen LogP contribution in [0.1, 0.15) is 26.3 Å². The number of rotatable bonds is 7. The first kappa shape index (κ1) is 25.1. The molecule has 4 rings (SSSR count). The van der Waals surface area contributed by atoms with Crippen molar-refractivity contribution in [3.63, 3.8) is 0 Å². The first-order valence-electron chi connectivity index (χ1n) is 11.5. The molecule has 1 aliphatic rings. The molecule has 1 aromatic carbocycles. The molecule has 1 aliphatic heterocycles. The lowest BCUT2D eigenvalue weighted by Gasteiger charge is -2.34. The van der Waals surface area contributed by atoms with Gasteiger partial charge < -0.3 is 15.1 Å². The van der Waals surface area contributed by atoms with E-state index in [0.29, 0.717) is 29.8 Å². The molecular formula is C24H30N6O3S2. The minimum Gasteiger partial charge on any atom is -0.353 e. The van der Waals surface area contributed by atoms with Crippen LogP contribution >= 0.6 is 11.3 Å². The Morgan fingerprint density at radius 3 is 2.51 bits per heavy atom. The van der Waals surface area contributed by atoms with Gasteiger partial charge in [0.1, 0.15) is 5.82 Å². The molecule has 1 saturated heterocycles. The smallest absolute Gasteiger partial charge is 0.238 e. The van der Waals surface area contributed by atoms with Crippen LogP contribution in [0, 0.1) is 5.92 Å². The zero-order chi connectivity index (χ0) is 25.2. The topological polar surface area (TPSA) is 122 Å². The minimum absolute atomic E-state index is 0.0632. The molecular weight excluding hydrogens is 484 g/mol. The Morgan fingerprint density at radius 2 is 1.91 bits per heavy atom. The molecule has 0 spiro atoms. The van der Waals surface area contributed by atoms with E-state index in [1.807, 2.05) is 22.4 Å². The van der Waals surface area contributed by atoms with Crippen LogP contribution in [0.15, 0.2) is 46.8 Å². The number of pyridine rings is 1. The number of nitrogens with two attached hydrogens (primary N) is 1. The van der Waals surface area contributed by atoms with Crippen molar-refractivity contribution in [2.75, 3.05) is 36.4 Å². The fourth-order valence-corrected chi connectivity index (χ4v) is 5.29. The largest absolute Gasteiger partial charge is 0.353 e. The second kappa shape index (κ2) is 10.3. The Bertz CT molecular complexity index is 1300. The van der Waals surface area contributed by atoms with Crippen LogP contribution in [0.3, 0.4) is 0 Å². The summed E-state index contributed by atoms with van der Waals surface area (Å²) < 4.78 is 23.7. The second-order valence-corrected chi connectivity index (χ2v) is 11.4. The SMILES string of the molecule is CC(=O)N1CCN(c2ccc(-c3csc(Nc4cc(S(N)(=O)=O)ccc4CC(C)C)n3)cn2)CC1. The fraction of sp³-hybridized carbons (Fsp3) is 0.375. The maximum Gasteiger partial charge on any atom is 0.238 e. The third kappa shape index (κ3) is 6.16.